The molecule has 1 N–H and O–H groups in total. The van der Waals surface area contributed by atoms with Crippen LogP contribution in [0.3, 0.4) is 0 Å². The summed E-state index contributed by atoms with van der Waals surface area (Å²) >= 11 is 0. The van der Waals surface area contributed by atoms with Crippen LogP contribution in [-0.4, -0.2) is 23.7 Å². The molecule has 3 aliphatic heterocycles. The van der Waals surface area contributed by atoms with Crippen LogP contribution in [0.25, 0.3) is 0 Å². The molecular formula is C32H39NO4. The largest absolute Gasteiger partial charge is 0.490 e. The first-order chi connectivity index (χ1) is 17.5. The van der Waals surface area contributed by atoms with Crippen molar-refractivity contribution in [1.82, 2.24) is 5.32 Å². The molecule has 5 heteroatoms. The molecule has 3 fully saturated rings. The lowest BCUT2D eigenvalue weighted by Gasteiger charge is -2.50. The third-order valence-electron chi connectivity index (χ3n) is 10.8. The molecule has 11 atom stereocenters. The first-order valence-corrected chi connectivity index (χ1v) is 14.0. The zero-order valence-corrected chi connectivity index (χ0v) is 22.6. The predicted octanol–water partition coefficient (Wildman–Crippen LogP) is 5.15. The van der Waals surface area contributed by atoms with Crippen LogP contribution < -0.4 is 10.1 Å². The second-order valence-corrected chi connectivity index (χ2v) is 13.3. The van der Waals surface area contributed by atoms with E-state index in [9.17, 15) is 14.4 Å². The Bertz CT molecular complexity index is 1220. The van der Waals surface area contributed by atoms with Gasteiger partial charge in [0.05, 0.1) is 5.92 Å². The van der Waals surface area contributed by atoms with E-state index in [1.54, 1.807) is 0 Å². The number of carbonyl (C=O) groups is 3. The molecule has 0 spiro atoms. The number of nitrogens with one attached hydrogen (secondary N) is 1. The zero-order valence-electron chi connectivity index (χ0n) is 22.6. The van der Waals surface area contributed by atoms with Gasteiger partial charge in [-0.05, 0) is 67.1 Å². The number of amides is 2. The van der Waals surface area contributed by atoms with E-state index < -0.39 is 29.1 Å². The van der Waals surface area contributed by atoms with Gasteiger partial charge in [-0.25, -0.2) is 0 Å². The fraction of sp³-hybridized carbons (Fsp3) is 0.594. The summed E-state index contributed by atoms with van der Waals surface area (Å²) in [5.74, 6) is -0.911. The zero-order chi connectivity index (χ0) is 26.4. The lowest BCUT2D eigenvalue weighted by atomic mass is 9.53. The molecule has 196 valence electrons. The molecule has 3 heterocycles. The minimum Gasteiger partial charge on any atom is -0.490 e. The molecule has 2 amide bonds. The minimum absolute atomic E-state index is 0.0265. The van der Waals surface area contributed by atoms with Crippen molar-refractivity contribution >= 4 is 17.6 Å². The average Bonchev–Trinajstić information content (AvgIpc) is 3.23. The van der Waals surface area contributed by atoms with Crippen LogP contribution in [0, 0.1) is 58.2 Å². The van der Waals surface area contributed by atoms with Crippen molar-refractivity contribution in [2.45, 2.75) is 60.0 Å². The molecular weight excluding hydrogens is 462 g/mol. The Balaban J connectivity index is 1.61. The molecule has 1 aromatic rings. The van der Waals surface area contributed by atoms with Crippen molar-refractivity contribution in [3.05, 3.63) is 54.1 Å². The summed E-state index contributed by atoms with van der Waals surface area (Å²) in [5.41, 5.74) is 1.56. The van der Waals surface area contributed by atoms with Crippen LogP contribution in [0.15, 0.2) is 48.6 Å². The van der Waals surface area contributed by atoms with Crippen LogP contribution >= 0.6 is 0 Å². The van der Waals surface area contributed by atoms with Gasteiger partial charge in [0.15, 0.2) is 5.78 Å². The number of fused-ring (bicyclic) bond motifs is 4. The van der Waals surface area contributed by atoms with Gasteiger partial charge in [0.1, 0.15) is 17.8 Å². The smallest absolute Gasteiger partial charge is 0.237 e. The Hall–Kier alpha value is -2.69. The van der Waals surface area contributed by atoms with E-state index in [0.29, 0.717) is 18.3 Å². The van der Waals surface area contributed by atoms with E-state index in [2.05, 4.69) is 52.6 Å². The van der Waals surface area contributed by atoms with E-state index in [-0.39, 0.29) is 41.0 Å². The molecule has 5 nitrogen and oxygen atoms in total. The van der Waals surface area contributed by atoms with Crippen LogP contribution in [0.4, 0.5) is 0 Å². The average molecular weight is 502 g/mol. The van der Waals surface area contributed by atoms with Crippen LogP contribution in [0.2, 0.25) is 0 Å². The van der Waals surface area contributed by atoms with Crippen LogP contribution in [0.5, 0.6) is 5.75 Å². The second-order valence-electron chi connectivity index (χ2n) is 13.3. The number of allylic oxidation sites excluding steroid dienone is 3. The number of imide groups is 1. The number of ether oxygens (including phenoxy) is 1. The van der Waals surface area contributed by atoms with Crippen LogP contribution in [-0.2, 0) is 20.8 Å². The molecule has 7 rings (SSSR count). The summed E-state index contributed by atoms with van der Waals surface area (Å²) in [4.78, 5) is 40.9. The Morgan fingerprint density at radius 3 is 2.43 bits per heavy atom. The molecule has 0 aromatic heterocycles. The summed E-state index contributed by atoms with van der Waals surface area (Å²) in [5, 5.41) is 2.49. The maximum absolute atomic E-state index is 14.7. The van der Waals surface area contributed by atoms with Gasteiger partial charge in [-0.3, -0.25) is 19.7 Å². The third kappa shape index (κ3) is 3.38. The summed E-state index contributed by atoms with van der Waals surface area (Å²) in [6.45, 7) is 15.6. The van der Waals surface area contributed by atoms with Gasteiger partial charge in [-0.1, -0.05) is 57.6 Å². The molecule has 0 radical (unpaired) electrons. The maximum atomic E-state index is 14.7. The lowest BCUT2D eigenvalue weighted by molar-refractivity contribution is -0.141. The highest BCUT2D eigenvalue weighted by Crippen LogP contribution is 2.68. The van der Waals surface area contributed by atoms with Crippen molar-refractivity contribution in [1.29, 1.82) is 0 Å². The topological polar surface area (TPSA) is 72.5 Å². The highest BCUT2D eigenvalue weighted by Gasteiger charge is 2.68. The number of ketones is 1. The summed E-state index contributed by atoms with van der Waals surface area (Å²) in [6, 6.07) is 7.95. The Kier molecular flexibility index (Phi) is 5.43. The predicted molar refractivity (Wildman–Crippen MR) is 141 cm³/mol. The van der Waals surface area contributed by atoms with Gasteiger partial charge in [0.25, 0.3) is 0 Å². The summed E-state index contributed by atoms with van der Waals surface area (Å²) in [7, 11) is 0. The number of hydrogen-bond donors (Lipinski definition) is 1. The third-order valence-corrected chi connectivity index (χ3v) is 10.8. The molecule has 37 heavy (non-hydrogen) atoms. The van der Waals surface area contributed by atoms with Gasteiger partial charge < -0.3 is 4.74 Å². The summed E-state index contributed by atoms with van der Waals surface area (Å²) < 4.78 is 6.95. The number of benzene rings is 1. The Labute approximate surface area is 220 Å². The molecule has 2 saturated carbocycles. The van der Waals surface area contributed by atoms with Crippen molar-refractivity contribution in [3.8, 4) is 5.75 Å². The number of Topliss-reactive ketones (excluding diaryl/α,β-unsaturated/α-hetero) is 1. The minimum atomic E-state index is -0.990. The molecule has 0 unspecified atom stereocenters. The van der Waals surface area contributed by atoms with Gasteiger partial charge in [0, 0.05) is 23.2 Å². The fourth-order valence-electron chi connectivity index (χ4n) is 9.90. The highest BCUT2D eigenvalue weighted by atomic mass is 16.5. The molecule has 6 aliphatic rings. The van der Waals surface area contributed by atoms with E-state index >= 15 is 0 Å². The summed E-state index contributed by atoms with van der Waals surface area (Å²) in [6.07, 6.45) is 6.53. The standard InChI is InChI=1S/C32H39NO4/c1-7-31(5)15-18(4)24-23-26(31)27(34)22-21(29(35)33-30(22)36)13-19-8-10-20(11-9-19)37-28(23)25-17(3)12-16(2)14-32(24,25)6/h7-11,15-17,21-26,28H,1,12-14H2,2-6H3,(H,33,35,36)/t16-,17+,21-,22-,23-,24+,25-,26+,28-,31+,32+/m0/s1. The molecule has 1 aromatic carbocycles. The van der Waals surface area contributed by atoms with Gasteiger partial charge in [-0.15, -0.1) is 6.58 Å². The number of rotatable bonds is 1. The first kappa shape index (κ1) is 24.6. The molecule has 1 saturated heterocycles. The van der Waals surface area contributed by atoms with Crippen molar-refractivity contribution < 1.29 is 19.1 Å². The van der Waals surface area contributed by atoms with Gasteiger partial charge >= 0.3 is 0 Å². The van der Waals surface area contributed by atoms with Crippen molar-refractivity contribution in [2.75, 3.05) is 0 Å². The SMILES string of the molecule is C=C[C@]1(C)C=C(C)[C@@H]2[C@@H]3[C@H](Oc4ccc(cc4)C[C@@H]4C(=O)NC(=O)[C@@H]4C(=O)[C@@H]31)[C@@H]1[C@H](C)C[C@H](C)C[C@@]12C. The maximum Gasteiger partial charge on any atom is 0.237 e. The van der Waals surface area contributed by atoms with Crippen molar-refractivity contribution in [2.24, 2.45) is 58.2 Å². The highest BCUT2D eigenvalue weighted by molar-refractivity contribution is 6.16. The number of carbonyl (C=O) groups excluding carboxylic acids is 3. The van der Waals surface area contributed by atoms with E-state index in [1.165, 1.54) is 5.57 Å². The van der Waals surface area contributed by atoms with Crippen molar-refractivity contribution in [3.63, 3.8) is 0 Å². The normalized spacial score (nSPS) is 46.5. The number of hydrogen-bond acceptors (Lipinski definition) is 4. The van der Waals surface area contributed by atoms with Gasteiger partial charge in [0.2, 0.25) is 11.8 Å². The Morgan fingerprint density at radius 2 is 1.76 bits per heavy atom. The second kappa shape index (κ2) is 8.15. The Morgan fingerprint density at radius 1 is 1.05 bits per heavy atom. The lowest BCUT2D eigenvalue weighted by Crippen LogP contribution is -2.51. The van der Waals surface area contributed by atoms with E-state index in [1.807, 2.05) is 30.3 Å². The molecule has 3 aliphatic carbocycles. The van der Waals surface area contributed by atoms with E-state index in [4.69, 9.17) is 4.74 Å². The van der Waals surface area contributed by atoms with Gasteiger partial charge in [-0.2, -0.15) is 0 Å². The monoisotopic (exact) mass is 501 g/mol. The van der Waals surface area contributed by atoms with Crippen LogP contribution in [0.1, 0.15) is 53.0 Å². The fourth-order valence-corrected chi connectivity index (χ4v) is 9.90. The first-order valence-electron chi connectivity index (χ1n) is 14.0. The molecule has 2 bridgehead atoms. The van der Waals surface area contributed by atoms with E-state index in [0.717, 1.165) is 24.2 Å². The quantitative estimate of drug-likeness (QED) is 0.328.